The molecule has 9 nitrogen and oxygen atoms in total. The Balaban J connectivity index is 1.30. The summed E-state index contributed by atoms with van der Waals surface area (Å²) in [6, 6.07) is 21.6. The van der Waals surface area contributed by atoms with Crippen LogP contribution < -0.4 is 10.8 Å². The average molecular weight is 594 g/mol. The number of nitrogens with one attached hydrogen (secondary N) is 2. The molecule has 1 fully saturated rings. The van der Waals surface area contributed by atoms with Gasteiger partial charge in [0.25, 0.3) is 0 Å². The summed E-state index contributed by atoms with van der Waals surface area (Å²) in [4.78, 5) is 27.7. The number of rotatable bonds is 15. The molecule has 1 aliphatic heterocycles. The summed E-state index contributed by atoms with van der Waals surface area (Å²) in [6.45, 7) is 0.437. The lowest BCUT2D eigenvalue weighted by Gasteiger charge is -2.36. The predicted octanol–water partition coefficient (Wildman–Crippen LogP) is 5.37. The Morgan fingerprint density at radius 3 is 2.21 bits per heavy atom. The molecule has 0 aliphatic carbocycles. The number of pyridine rings is 1. The molecule has 3 atom stereocenters. The smallest absolute Gasteiger partial charge is 0.243 e. The van der Waals surface area contributed by atoms with Crippen molar-refractivity contribution in [2.24, 2.45) is 0 Å². The first-order valence-corrected chi connectivity index (χ1v) is 15.4. The zero-order chi connectivity index (χ0) is 29.6. The summed E-state index contributed by atoms with van der Waals surface area (Å²) >= 11 is 1.66. The van der Waals surface area contributed by atoms with E-state index >= 15 is 0 Å². The molecule has 3 unspecified atom stereocenters. The number of carbonyl (C=O) groups excluding carboxylic acids is 2. The lowest BCUT2D eigenvalue weighted by atomic mass is 10.0. The van der Waals surface area contributed by atoms with E-state index in [1.54, 1.807) is 23.4 Å². The van der Waals surface area contributed by atoms with E-state index < -0.39 is 6.29 Å². The number of aliphatic hydroxyl groups is 1. The number of thioether (sulfide) groups is 1. The lowest BCUT2D eigenvalue weighted by molar-refractivity contribution is -0.245. The van der Waals surface area contributed by atoms with E-state index in [0.29, 0.717) is 32.2 Å². The normalized spacial score (nSPS) is 18.4. The summed E-state index contributed by atoms with van der Waals surface area (Å²) in [5, 5.41) is 21.9. The molecule has 1 saturated heterocycles. The van der Waals surface area contributed by atoms with Gasteiger partial charge in [-0.3, -0.25) is 14.8 Å². The third-order valence-corrected chi connectivity index (χ3v) is 8.17. The molecule has 0 spiro atoms. The number of carbonyl (C=O) groups is 2. The molecular weight excluding hydrogens is 554 g/mol. The minimum absolute atomic E-state index is 0.00107. The van der Waals surface area contributed by atoms with E-state index in [1.165, 1.54) is 0 Å². The van der Waals surface area contributed by atoms with Gasteiger partial charge >= 0.3 is 0 Å². The third kappa shape index (κ3) is 10.2. The molecule has 1 aliphatic rings. The first-order chi connectivity index (χ1) is 20.5. The Morgan fingerprint density at radius 1 is 0.857 bits per heavy atom. The number of amides is 2. The van der Waals surface area contributed by atoms with Crippen LogP contribution in [0.25, 0.3) is 0 Å². The molecule has 2 amide bonds. The fourth-order valence-corrected chi connectivity index (χ4v) is 5.58. The third-order valence-electron chi connectivity index (χ3n) is 7.09. The Morgan fingerprint density at radius 2 is 1.55 bits per heavy atom. The summed E-state index contributed by atoms with van der Waals surface area (Å²) in [6.07, 6.45) is 5.61. The van der Waals surface area contributed by atoms with Crippen molar-refractivity contribution in [2.75, 3.05) is 5.75 Å². The number of nitrogens with zero attached hydrogens (tertiary/aromatic N) is 1. The Labute approximate surface area is 251 Å². The topological polar surface area (TPSA) is 130 Å². The van der Waals surface area contributed by atoms with Crippen LogP contribution in [0.3, 0.4) is 0 Å². The van der Waals surface area contributed by atoms with Crippen LogP contribution in [-0.4, -0.2) is 39.0 Å². The standard InChI is InChI=1S/C32H39N3O6S/c36-21-24-12-14-25(15-13-24)28-19-27(22-42-31-9-5-6-18-33-31)40-32(41-28)26-16-10-23(11-17-26)20-34-29(37)7-3-1-2-4-8-30(38)35-39/h5-6,9-18,27-28,32,36,39H,1-4,7-8,19-22H2,(H,34,37)(H,35,38). The molecule has 224 valence electrons. The highest BCUT2D eigenvalue weighted by molar-refractivity contribution is 7.99. The van der Waals surface area contributed by atoms with Gasteiger partial charge in [-0.15, -0.1) is 11.8 Å². The Hall–Kier alpha value is -3.28. The number of hydroxylamine groups is 1. The van der Waals surface area contributed by atoms with Gasteiger partial charge in [0.05, 0.1) is 23.8 Å². The van der Waals surface area contributed by atoms with Crippen LogP contribution in [-0.2, 0) is 32.2 Å². The largest absolute Gasteiger partial charge is 0.392 e. The summed E-state index contributed by atoms with van der Waals surface area (Å²) in [5.41, 5.74) is 5.42. The maximum Gasteiger partial charge on any atom is 0.243 e. The molecule has 4 N–H and O–H groups in total. The van der Waals surface area contributed by atoms with Gasteiger partial charge in [0.1, 0.15) is 0 Å². The van der Waals surface area contributed by atoms with Gasteiger partial charge in [0.15, 0.2) is 6.29 Å². The van der Waals surface area contributed by atoms with Gasteiger partial charge in [0, 0.05) is 43.3 Å². The second kappa shape index (κ2) is 17.0. The lowest BCUT2D eigenvalue weighted by Crippen LogP contribution is -2.31. The number of aromatic nitrogens is 1. The molecule has 10 heteroatoms. The molecule has 1 aromatic heterocycles. The maximum absolute atomic E-state index is 12.3. The highest BCUT2D eigenvalue weighted by atomic mass is 32.2. The molecule has 2 heterocycles. The number of aliphatic hydroxyl groups excluding tert-OH is 1. The Bertz CT molecular complexity index is 1240. The van der Waals surface area contributed by atoms with E-state index in [-0.39, 0.29) is 30.6 Å². The Kier molecular flexibility index (Phi) is 12.8. The number of ether oxygens (including phenoxy) is 2. The SMILES string of the molecule is O=C(CCCCCCC(=O)NCc1ccc(C2OC(CSc3ccccn3)CC(c3ccc(CO)cc3)O2)cc1)NO. The first kappa shape index (κ1) is 31.7. The summed E-state index contributed by atoms with van der Waals surface area (Å²) < 4.78 is 12.8. The average Bonchev–Trinajstić information content (AvgIpc) is 3.04. The zero-order valence-electron chi connectivity index (χ0n) is 23.6. The highest BCUT2D eigenvalue weighted by Gasteiger charge is 2.32. The van der Waals surface area contributed by atoms with Crippen LogP contribution in [0, 0.1) is 0 Å². The molecule has 0 radical (unpaired) electrons. The van der Waals surface area contributed by atoms with Crippen molar-refractivity contribution in [2.45, 2.75) is 81.6 Å². The van der Waals surface area contributed by atoms with Crippen LogP contribution in [0.1, 0.15) is 79.6 Å². The van der Waals surface area contributed by atoms with E-state index in [4.69, 9.17) is 14.7 Å². The van der Waals surface area contributed by atoms with Crippen LogP contribution in [0.15, 0.2) is 78.0 Å². The van der Waals surface area contributed by atoms with E-state index in [1.807, 2.05) is 66.7 Å². The van der Waals surface area contributed by atoms with E-state index in [2.05, 4.69) is 10.3 Å². The molecular formula is C32H39N3O6S. The zero-order valence-corrected chi connectivity index (χ0v) is 24.4. The van der Waals surface area contributed by atoms with Gasteiger partial charge in [-0.2, -0.15) is 0 Å². The predicted molar refractivity (Wildman–Crippen MR) is 159 cm³/mol. The van der Waals surface area contributed by atoms with Gasteiger partial charge in [-0.25, -0.2) is 10.5 Å². The van der Waals surface area contributed by atoms with Crippen molar-refractivity contribution in [3.05, 3.63) is 95.2 Å². The fraction of sp³-hybridized carbons (Fsp3) is 0.406. The molecule has 4 rings (SSSR count). The van der Waals surface area contributed by atoms with Crippen molar-refractivity contribution >= 4 is 23.6 Å². The van der Waals surface area contributed by atoms with Crippen molar-refractivity contribution in [3.63, 3.8) is 0 Å². The van der Waals surface area contributed by atoms with Gasteiger partial charge in [-0.1, -0.05) is 67.4 Å². The molecule has 42 heavy (non-hydrogen) atoms. The van der Waals surface area contributed by atoms with Crippen molar-refractivity contribution < 1.29 is 29.4 Å². The second-order valence-corrected chi connectivity index (χ2v) is 11.3. The second-order valence-electron chi connectivity index (χ2n) is 10.3. The molecule has 3 aromatic rings. The van der Waals surface area contributed by atoms with Gasteiger partial charge < -0.3 is 19.9 Å². The minimum atomic E-state index is -0.539. The fourth-order valence-electron chi connectivity index (χ4n) is 4.70. The van der Waals surface area contributed by atoms with Crippen LogP contribution in [0.5, 0.6) is 0 Å². The van der Waals surface area contributed by atoms with Gasteiger partial charge in [0.2, 0.25) is 11.8 Å². The van der Waals surface area contributed by atoms with Crippen LogP contribution in [0.4, 0.5) is 0 Å². The van der Waals surface area contributed by atoms with Crippen molar-refractivity contribution in [1.82, 2.24) is 15.8 Å². The maximum atomic E-state index is 12.3. The highest BCUT2D eigenvalue weighted by Crippen LogP contribution is 2.39. The van der Waals surface area contributed by atoms with Crippen molar-refractivity contribution in [3.8, 4) is 0 Å². The number of benzene rings is 2. The number of unbranched alkanes of at least 4 members (excludes halogenated alkanes) is 3. The minimum Gasteiger partial charge on any atom is -0.392 e. The number of hydrogen-bond acceptors (Lipinski definition) is 8. The molecule has 2 aromatic carbocycles. The number of hydrogen-bond donors (Lipinski definition) is 4. The first-order valence-electron chi connectivity index (χ1n) is 14.4. The molecule has 0 bridgehead atoms. The monoisotopic (exact) mass is 593 g/mol. The van der Waals surface area contributed by atoms with E-state index in [9.17, 15) is 14.7 Å². The van der Waals surface area contributed by atoms with Crippen LogP contribution in [0.2, 0.25) is 0 Å². The quantitative estimate of drug-likeness (QED) is 0.0801. The molecule has 0 saturated carbocycles. The summed E-state index contributed by atoms with van der Waals surface area (Å²) in [5.74, 6) is 0.354. The van der Waals surface area contributed by atoms with E-state index in [0.717, 1.165) is 52.3 Å². The van der Waals surface area contributed by atoms with Gasteiger partial charge in [-0.05, 0) is 41.7 Å². The summed E-state index contributed by atoms with van der Waals surface area (Å²) in [7, 11) is 0. The van der Waals surface area contributed by atoms with Crippen LogP contribution >= 0.6 is 11.8 Å². The van der Waals surface area contributed by atoms with Crippen molar-refractivity contribution in [1.29, 1.82) is 0 Å².